The third-order valence-electron chi connectivity index (χ3n) is 7.67. The zero-order valence-electron chi connectivity index (χ0n) is 21.0. The van der Waals surface area contributed by atoms with E-state index in [1.54, 1.807) is 4.90 Å². The molecule has 1 unspecified atom stereocenters. The lowest BCUT2D eigenvalue weighted by molar-refractivity contribution is -0.143. The van der Waals surface area contributed by atoms with Crippen LogP contribution >= 0.6 is 0 Å². The fraction of sp³-hybridized carbons (Fsp3) is 0.630. The molecule has 0 aromatic carbocycles. The molecule has 10 heteroatoms. The van der Waals surface area contributed by atoms with Crippen LogP contribution in [-0.2, 0) is 17.6 Å². The normalized spacial score (nSPS) is 20.8. The van der Waals surface area contributed by atoms with Crippen molar-refractivity contribution in [2.45, 2.75) is 69.8 Å². The van der Waals surface area contributed by atoms with E-state index in [2.05, 4.69) is 26.3 Å². The fourth-order valence-electron chi connectivity index (χ4n) is 5.27. The first-order valence-electron chi connectivity index (χ1n) is 13.4. The summed E-state index contributed by atoms with van der Waals surface area (Å²) in [5.41, 5.74) is 2.53. The number of aromatic nitrogens is 3. The summed E-state index contributed by atoms with van der Waals surface area (Å²) < 4.78 is 35.7. The van der Waals surface area contributed by atoms with Crippen LogP contribution < -0.4 is 10.1 Å². The Morgan fingerprint density at radius 2 is 2.03 bits per heavy atom. The summed E-state index contributed by atoms with van der Waals surface area (Å²) in [4.78, 5) is 26.6. The van der Waals surface area contributed by atoms with E-state index in [4.69, 9.17) is 4.74 Å². The van der Waals surface area contributed by atoms with Crippen molar-refractivity contribution in [1.82, 2.24) is 19.9 Å². The highest BCUT2D eigenvalue weighted by atomic mass is 19.3. The Morgan fingerprint density at radius 3 is 2.78 bits per heavy atom. The van der Waals surface area contributed by atoms with E-state index in [0.717, 1.165) is 43.7 Å². The Morgan fingerprint density at radius 1 is 1.22 bits per heavy atom. The number of nitrogens with zero attached hydrogens (tertiary/aromatic N) is 4. The van der Waals surface area contributed by atoms with Gasteiger partial charge in [-0.15, -0.1) is 0 Å². The first-order chi connectivity index (χ1) is 17.9. The monoisotopic (exact) mass is 515 g/mol. The predicted molar refractivity (Wildman–Crippen MR) is 134 cm³/mol. The van der Waals surface area contributed by atoms with Gasteiger partial charge in [0.15, 0.2) is 0 Å². The summed E-state index contributed by atoms with van der Waals surface area (Å²) in [5.74, 6) is -3.33. The van der Waals surface area contributed by atoms with Gasteiger partial charge in [0, 0.05) is 49.1 Å². The number of aliphatic carboxylic acids is 1. The number of carbonyl (C=O) groups is 1. The molecular weight excluding hydrogens is 480 g/mol. The number of alkyl halides is 2. The second-order valence-electron chi connectivity index (χ2n) is 10.6. The molecule has 2 aromatic rings. The second-order valence-corrected chi connectivity index (χ2v) is 10.6. The molecule has 0 amide bonds. The summed E-state index contributed by atoms with van der Waals surface area (Å²) in [7, 11) is 0. The van der Waals surface area contributed by atoms with Crippen molar-refractivity contribution in [1.29, 1.82) is 0 Å². The minimum absolute atomic E-state index is 0.0297. The molecule has 1 saturated carbocycles. The van der Waals surface area contributed by atoms with Gasteiger partial charge >= 0.3 is 12.0 Å². The van der Waals surface area contributed by atoms with Gasteiger partial charge in [-0.1, -0.05) is 6.07 Å². The van der Waals surface area contributed by atoms with Gasteiger partial charge in [-0.05, 0) is 75.5 Å². The molecule has 2 N–H and O–H groups in total. The number of hydrogen-bond donors (Lipinski definition) is 2. The average molecular weight is 516 g/mol. The third-order valence-corrected chi connectivity index (χ3v) is 7.67. The lowest BCUT2D eigenvalue weighted by Crippen LogP contribution is -2.36. The zero-order chi connectivity index (χ0) is 25.8. The number of carboxylic acid groups (broad SMARTS) is 1. The molecule has 5 rings (SSSR count). The lowest BCUT2D eigenvalue weighted by Gasteiger charge is -2.27. The highest BCUT2D eigenvalue weighted by Crippen LogP contribution is 2.39. The number of anilines is 1. The van der Waals surface area contributed by atoms with Gasteiger partial charge in [0.25, 0.3) is 5.92 Å². The van der Waals surface area contributed by atoms with Crippen LogP contribution in [0.25, 0.3) is 0 Å². The van der Waals surface area contributed by atoms with E-state index in [0.29, 0.717) is 43.9 Å². The summed E-state index contributed by atoms with van der Waals surface area (Å²) in [6.45, 7) is 1.81. The van der Waals surface area contributed by atoms with Crippen LogP contribution in [0.3, 0.4) is 0 Å². The molecule has 200 valence electrons. The van der Waals surface area contributed by atoms with Gasteiger partial charge in [0.2, 0.25) is 0 Å². The Hall–Kier alpha value is -2.88. The molecule has 1 aliphatic carbocycles. The van der Waals surface area contributed by atoms with Gasteiger partial charge in [-0.25, -0.2) is 23.7 Å². The summed E-state index contributed by atoms with van der Waals surface area (Å²) in [6, 6.07) is 3.25. The number of nitrogens with one attached hydrogen (secondary N) is 1. The van der Waals surface area contributed by atoms with Crippen molar-refractivity contribution >= 4 is 11.8 Å². The molecule has 0 spiro atoms. The number of carboxylic acids is 1. The average Bonchev–Trinajstić information content (AvgIpc) is 3.60. The maximum atomic E-state index is 15.1. The van der Waals surface area contributed by atoms with Crippen LogP contribution in [-0.4, -0.2) is 63.1 Å². The van der Waals surface area contributed by atoms with Crippen molar-refractivity contribution in [3.8, 4) is 6.01 Å². The molecule has 0 radical (unpaired) electrons. The number of rotatable bonds is 12. The van der Waals surface area contributed by atoms with Gasteiger partial charge in [-0.3, -0.25) is 9.69 Å². The first-order valence-corrected chi connectivity index (χ1v) is 13.4. The minimum Gasteiger partial charge on any atom is -0.480 e. The quantitative estimate of drug-likeness (QED) is 0.398. The number of ether oxygens (including phenoxy) is 1. The molecule has 4 heterocycles. The van der Waals surface area contributed by atoms with Crippen LogP contribution in [0.15, 0.2) is 24.5 Å². The summed E-state index contributed by atoms with van der Waals surface area (Å²) in [6.07, 6.45) is 9.04. The SMILES string of the molecule is O=C(O)C(c1cnc(OCC2CC2)nc1)N1CC[C@@H](C(F)(F)CCCCc2ccc3c(n2)NCCC3)C1. The van der Waals surface area contributed by atoms with E-state index in [-0.39, 0.29) is 25.4 Å². The van der Waals surface area contributed by atoms with Crippen molar-refractivity contribution in [2.24, 2.45) is 11.8 Å². The zero-order valence-corrected chi connectivity index (χ0v) is 21.0. The van der Waals surface area contributed by atoms with Crippen molar-refractivity contribution in [3.05, 3.63) is 41.3 Å². The molecule has 1 saturated heterocycles. The molecule has 2 aromatic heterocycles. The van der Waals surface area contributed by atoms with Crippen LogP contribution in [0.4, 0.5) is 14.6 Å². The van der Waals surface area contributed by atoms with Gasteiger partial charge in [0.1, 0.15) is 11.9 Å². The number of hydrogen-bond acceptors (Lipinski definition) is 7. The molecule has 8 nitrogen and oxygen atoms in total. The summed E-state index contributed by atoms with van der Waals surface area (Å²) >= 11 is 0. The maximum absolute atomic E-state index is 15.1. The van der Waals surface area contributed by atoms with Gasteiger partial charge in [0.05, 0.1) is 6.61 Å². The number of fused-ring (bicyclic) bond motifs is 1. The molecular formula is C27H35F2N5O3. The molecule has 0 bridgehead atoms. The highest BCUT2D eigenvalue weighted by Gasteiger charge is 2.45. The largest absolute Gasteiger partial charge is 0.480 e. The molecule has 2 atom stereocenters. The predicted octanol–water partition coefficient (Wildman–Crippen LogP) is 4.51. The van der Waals surface area contributed by atoms with E-state index >= 15 is 8.78 Å². The number of aryl methyl sites for hydroxylation is 2. The highest BCUT2D eigenvalue weighted by molar-refractivity contribution is 5.75. The van der Waals surface area contributed by atoms with Crippen molar-refractivity contribution < 1.29 is 23.4 Å². The Bertz CT molecular complexity index is 1080. The third kappa shape index (κ3) is 6.52. The van der Waals surface area contributed by atoms with Gasteiger partial charge < -0.3 is 15.2 Å². The van der Waals surface area contributed by atoms with E-state index < -0.39 is 23.9 Å². The van der Waals surface area contributed by atoms with Crippen molar-refractivity contribution in [3.63, 3.8) is 0 Å². The molecule has 37 heavy (non-hydrogen) atoms. The fourth-order valence-corrected chi connectivity index (χ4v) is 5.27. The van der Waals surface area contributed by atoms with Crippen LogP contribution in [0.5, 0.6) is 6.01 Å². The van der Waals surface area contributed by atoms with Crippen LogP contribution in [0.1, 0.15) is 67.8 Å². The molecule has 2 aliphatic heterocycles. The van der Waals surface area contributed by atoms with Crippen LogP contribution in [0, 0.1) is 11.8 Å². The number of unbranched alkanes of at least 4 members (excludes halogenated alkanes) is 1. The second kappa shape index (κ2) is 11.2. The standard InChI is InChI=1S/C27H35F2N5O3/c28-27(29,11-2-1-5-22-9-8-19-4-3-12-30-24(19)33-22)21-10-13-34(16-21)23(25(35)36)20-14-31-26(32-15-20)37-17-18-6-7-18/h8-9,14-15,18,21,23H,1-7,10-13,16-17H2,(H,30,33)(H,35,36)/t21-,23?/m1/s1. The van der Waals surface area contributed by atoms with E-state index in [1.165, 1.54) is 18.0 Å². The van der Waals surface area contributed by atoms with Crippen molar-refractivity contribution in [2.75, 3.05) is 31.6 Å². The number of halogens is 2. The lowest BCUT2D eigenvalue weighted by atomic mass is 9.95. The smallest absolute Gasteiger partial charge is 0.325 e. The van der Waals surface area contributed by atoms with E-state index in [9.17, 15) is 9.90 Å². The number of likely N-dealkylation sites (tertiary alicyclic amines) is 1. The maximum Gasteiger partial charge on any atom is 0.325 e. The Balaban J connectivity index is 1.11. The Labute approximate surface area is 215 Å². The first kappa shape index (κ1) is 25.8. The summed E-state index contributed by atoms with van der Waals surface area (Å²) in [5, 5.41) is 13.2. The molecule has 2 fully saturated rings. The van der Waals surface area contributed by atoms with Crippen LogP contribution in [0.2, 0.25) is 0 Å². The Kier molecular flexibility index (Phi) is 7.83. The number of pyridine rings is 1. The van der Waals surface area contributed by atoms with Gasteiger partial charge in [-0.2, -0.15) is 0 Å². The minimum atomic E-state index is -2.85. The van der Waals surface area contributed by atoms with E-state index in [1.807, 2.05) is 6.07 Å². The molecule has 3 aliphatic rings. The topological polar surface area (TPSA) is 100 Å².